The first-order valence-corrected chi connectivity index (χ1v) is 4.22. The smallest absolute Gasteiger partial charge is 0.240 e. The molecule has 1 aliphatic carbocycles. The van der Waals surface area contributed by atoms with Crippen molar-refractivity contribution in [1.29, 1.82) is 0 Å². The molecule has 12 heavy (non-hydrogen) atoms. The van der Waals surface area contributed by atoms with Gasteiger partial charge in [-0.25, -0.2) is 0 Å². The number of nitrogens with one attached hydrogen (secondary N) is 1. The van der Waals surface area contributed by atoms with Gasteiger partial charge in [0.1, 0.15) is 6.04 Å². The van der Waals surface area contributed by atoms with E-state index in [9.17, 15) is 4.79 Å². The molecule has 0 radical (unpaired) electrons. The Hall–Kier alpha value is -1.25. The van der Waals surface area contributed by atoms with Gasteiger partial charge in [-0.1, -0.05) is 6.08 Å². The third-order valence-electron chi connectivity index (χ3n) is 2.40. The van der Waals surface area contributed by atoms with Gasteiger partial charge in [0, 0.05) is 5.70 Å². The van der Waals surface area contributed by atoms with E-state index < -0.39 is 0 Å². The van der Waals surface area contributed by atoms with Crippen molar-refractivity contribution >= 4 is 5.91 Å². The average Bonchev–Trinajstić information content (AvgIpc) is 2.46. The van der Waals surface area contributed by atoms with Gasteiger partial charge in [0.15, 0.2) is 0 Å². The highest BCUT2D eigenvalue weighted by Gasteiger charge is 2.26. The van der Waals surface area contributed by atoms with Crippen molar-refractivity contribution in [3.63, 3.8) is 0 Å². The molecule has 3 N–H and O–H groups in total. The largest absolute Gasteiger partial charge is 0.373 e. The maximum atomic E-state index is 10.9. The third kappa shape index (κ3) is 1.11. The van der Waals surface area contributed by atoms with E-state index in [1.54, 1.807) is 0 Å². The normalized spacial score (nSPS) is 26.8. The Bertz CT molecular complexity index is 278. The SMILES string of the molecule is NC(=O)C1CC2=C(C=CCC2)N1. The summed E-state index contributed by atoms with van der Waals surface area (Å²) in [4.78, 5) is 10.9. The van der Waals surface area contributed by atoms with Gasteiger partial charge in [-0.05, 0) is 30.9 Å². The van der Waals surface area contributed by atoms with Crippen LogP contribution in [-0.4, -0.2) is 11.9 Å². The van der Waals surface area contributed by atoms with Gasteiger partial charge >= 0.3 is 0 Å². The zero-order valence-corrected chi connectivity index (χ0v) is 6.84. The van der Waals surface area contributed by atoms with Crippen molar-refractivity contribution in [2.24, 2.45) is 5.73 Å². The van der Waals surface area contributed by atoms with E-state index in [-0.39, 0.29) is 11.9 Å². The zero-order chi connectivity index (χ0) is 8.55. The Morgan fingerprint density at radius 2 is 2.50 bits per heavy atom. The van der Waals surface area contributed by atoms with Gasteiger partial charge < -0.3 is 11.1 Å². The Morgan fingerprint density at radius 3 is 3.17 bits per heavy atom. The number of primary amides is 1. The highest BCUT2D eigenvalue weighted by Crippen LogP contribution is 2.27. The molecule has 1 atom stereocenters. The fraction of sp³-hybridized carbons (Fsp3) is 0.444. The Balaban J connectivity index is 2.12. The van der Waals surface area contributed by atoms with Gasteiger partial charge in [0.05, 0.1) is 0 Å². The van der Waals surface area contributed by atoms with Gasteiger partial charge in [-0.3, -0.25) is 4.79 Å². The number of rotatable bonds is 1. The van der Waals surface area contributed by atoms with Crippen LogP contribution in [0.25, 0.3) is 0 Å². The molecule has 1 aliphatic heterocycles. The molecule has 64 valence electrons. The van der Waals surface area contributed by atoms with Gasteiger partial charge in [-0.2, -0.15) is 0 Å². The second-order valence-electron chi connectivity index (χ2n) is 3.26. The lowest BCUT2D eigenvalue weighted by Gasteiger charge is -2.07. The zero-order valence-electron chi connectivity index (χ0n) is 6.84. The van der Waals surface area contributed by atoms with E-state index in [0.717, 1.165) is 25.0 Å². The molecule has 2 rings (SSSR count). The number of hydrogen-bond acceptors (Lipinski definition) is 2. The summed E-state index contributed by atoms with van der Waals surface area (Å²) in [6.07, 6.45) is 7.13. The summed E-state index contributed by atoms with van der Waals surface area (Å²) in [6, 6.07) is -0.169. The van der Waals surface area contributed by atoms with Crippen molar-refractivity contribution in [3.8, 4) is 0 Å². The number of amides is 1. The highest BCUT2D eigenvalue weighted by molar-refractivity contribution is 5.81. The van der Waals surface area contributed by atoms with Crippen molar-refractivity contribution in [1.82, 2.24) is 5.32 Å². The molecule has 0 saturated heterocycles. The summed E-state index contributed by atoms with van der Waals surface area (Å²) in [5.41, 5.74) is 7.66. The molecule has 1 amide bonds. The van der Waals surface area contributed by atoms with Gasteiger partial charge in [0.2, 0.25) is 5.91 Å². The van der Waals surface area contributed by atoms with Crippen LogP contribution in [0.1, 0.15) is 19.3 Å². The first kappa shape index (κ1) is 7.40. The van der Waals surface area contributed by atoms with Crippen LogP contribution in [0.3, 0.4) is 0 Å². The van der Waals surface area contributed by atoms with Crippen LogP contribution in [0.5, 0.6) is 0 Å². The van der Waals surface area contributed by atoms with E-state index >= 15 is 0 Å². The summed E-state index contributed by atoms with van der Waals surface area (Å²) in [5.74, 6) is -0.252. The van der Waals surface area contributed by atoms with Gasteiger partial charge in [-0.15, -0.1) is 0 Å². The number of allylic oxidation sites excluding steroid dienone is 2. The van der Waals surface area contributed by atoms with E-state index in [1.807, 2.05) is 6.08 Å². The molecule has 3 heteroatoms. The number of hydrogen-bond donors (Lipinski definition) is 2. The quantitative estimate of drug-likeness (QED) is 0.590. The lowest BCUT2D eigenvalue weighted by Crippen LogP contribution is -2.36. The van der Waals surface area contributed by atoms with Crippen molar-refractivity contribution in [3.05, 3.63) is 23.4 Å². The number of carbonyl (C=O) groups excluding carboxylic acids is 1. The molecule has 0 fully saturated rings. The first-order chi connectivity index (χ1) is 5.77. The first-order valence-electron chi connectivity index (χ1n) is 4.22. The van der Waals surface area contributed by atoms with Crippen molar-refractivity contribution < 1.29 is 4.79 Å². The second-order valence-corrected chi connectivity index (χ2v) is 3.26. The number of carbonyl (C=O) groups is 1. The standard InChI is InChI=1S/C9H12N2O/c10-9(12)8-5-6-3-1-2-4-7(6)11-8/h2,4,8,11H,1,3,5H2,(H2,10,12). The van der Waals surface area contributed by atoms with Crippen LogP contribution < -0.4 is 11.1 Å². The van der Waals surface area contributed by atoms with Crippen LogP contribution in [0.2, 0.25) is 0 Å². The summed E-state index contributed by atoms with van der Waals surface area (Å²) in [6.45, 7) is 0. The van der Waals surface area contributed by atoms with E-state index in [2.05, 4.69) is 11.4 Å². The summed E-state index contributed by atoms with van der Waals surface area (Å²) in [7, 11) is 0. The molecule has 1 unspecified atom stereocenters. The summed E-state index contributed by atoms with van der Waals surface area (Å²) in [5, 5.41) is 3.11. The van der Waals surface area contributed by atoms with Gasteiger partial charge in [0.25, 0.3) is 0 Å². The molecule has 2 aliphatic rings. The second kappa shape index (κ2) is 2.66. The van der Waals surface area contributed by atoms with Crippen molar-refractivity contribution in [2.75, 3.05) is 0 Å². The topological polar surface area (TPSA) is 55.1 Å². The Labute approximate surface area is 71.3 Å². The molecule has 0 aromatic heterocycles. The molecular weight excluding hydrogens is 152 g/mol. The van der Waals surface area contributed by atoms with Crippen molar-refractivity contribution in [2.45, 2.75) is 25.3 Å². The minimum atomic E-state index is -0.252. The fourth-order valence-electron chi connectivity index (χ4n) is 1.73. The van der Waals surface area contributed by atoms with E-state index in [0.29, 0.717) is 0 Å². The minimum absolute atomic E-state index is 0.169. The minimum Gasteiger partial charge on any atom is -0.373 e. The van der Waals surface area contributed by atoms with Crippen LogP contribution in [0.4, 0.5) is 0 Å². The van der Waals surface area contributed by atoms with Crippen LogP contribution >= 0.6 is 0 Å². The average molecular weight is 164 g/mol. The van der Waals surface area contributed by atoms with Crippen LogP contribution in [0, 0.1) is 0 Å². The van der Waals surface area contributed by atoms with E-state index in [1.165, 1.54) is 5.57 Å². The molecule has 0 aromatic carbocycles. The van der Waals surface area contributed by atoms with Crippen LogP contribution in [0.15, 0.2) is 23.4 Å². The maximum Gasteiger partial charge on any atom is 0.240 e. The molecule has 0 aromatic rings. The third-order valence-corrected chi connectivity index (χ3v) is 2.40. The molecular formula is C9H12N2O. The van der Waals surface area contributed by atoms with E-state index in [4.69, 9.17) is 5.73 Å². The molecule has 0 spiro atoms. The predicted octanol–water partition coefficient (Wildman–Crippen LogP) is 0.438. The predicted molar refractivity (Wildman–Crippen MR) is 46.1 cm³/mol. The highest BCUT2D eigenvalue weighted by atomic mass is 16.1. The maximum absolute atomic E-state index is 10.9. The monoisotopic (exact) mass is 164 g/mol. The molecule has 1 heterocycles. The summed E-state index contributed by atoms with van der Waals surface area (Å²) >= 11 is 0. The van der Waals surface area contributed by atoms with Crippen LogP contribution in [-0.2, 0) is 4.79 Å². The molecule has 0 bridgehead atoms. The lowest BCUT2D eigenvalue weighted by atomic mass is 10.0. The fourth-order valence-corrected chi connectivity index (χ4v) is 1.73. The number of nitrogens with two attached hydrogens (primary N) is 1. The molecule has 3 nitrogen and oxygen atoms in total. The Morgan fingerprint density at radius 1 is 1.67 bits per heavy atom. The Kier molecular flexibility index (Phi) is 1.64. The molecule has 0 saturated carbocycles. The summed E-state index contributed by atoms with van der Waals surface area (Å²) < 4.78 is 0. The lowest BCUT2D eigenvalue weighted by molar-refractivity contribution is -0.119.